The first-order valence-corrected chi connectivity index (χ1v) is 12.4. The highest BCUT2D eigenvalue weighted by Gasteiger charge is 2.39. The molecular formula is C21H40N4O2S. The van der Waals surface area contributed by atoms with E-state index in [1.54, 1.807) is 0 Å². The van der Waals surface area contributed by atoms with Gasteiger partial charge in [0, 0.05) is 61.9 Å². The van der Waals surface area contributed by atoms with Crippen LogP contribution in [0.25, 0.3) is 0 Å². The number of nitrogens with zero attached hydrogens (tertiary/aromatic N) is 2. The Morgan fingerprint density at radius 2 is 1.93 bits per heavy atom. The third-order valence-electron chi connectivity index (χ3n) is 6.79. The Hall–Kier alpha value is -0.500. The highest BCUT2D eigenvalue weighted by Crippen LogP contribution is 2.35. The molecule has 2 saturated heterocycles. The average molecular weight is 413 g/mol. The minimum atomic E-state index is 0.00369. The molecule has 2 aliphatic heterocycles. The van der Waals surface area contributed by atoms with E-state index >= 15 is 0 Å². The van der Waals surface area contributed by atoms with Crippen molar-refractivity contribution in [2.45, 2.75) is 57.4 Å². The van der Waals surface area contributed by atoms with Gasteiger partial charge >= 0.3 is 0 Å². The third-order valence-corrected chi connectivity index (χ3v) is 7.74. The van der Waals surface area contributed by atoms with Gasteiger partial charge in [0.2, 0.25) is 0 Å². The normalized spacial score (nSPS) is 29.0. The maximum absolute atomic E-state index is 9.47. The second kappa shape index (κ2) is 11.0. The van der Waals surface area contributed by atoms with Crippen molar-refractivity contribution in [3.8, 4) is 0 Å². The van der Waals surface area contributed by atoms with E-state index in [0.717, 1.165) is 45.0 Å². The zero-order valence-electron chi connectivity index (χ0n) is 17.7. The largest absolute Gasteiger partial charge is 0.396 e. The summed E-state index contributed by atoms with van der Waals surface area (Å²) in [4.78, 5) is 7.69. The monoisotopic (exact) mass is 412 g/mol. The summed E-state index contributed by atoms with van der Waals surface area (Å²) < 4.78 is 5.63. The van der Waals surface area contributed by atoms with Crippen molar-refractivity contribution in [1.29, 1.82) is 0 Å². The lowest BCUT2D eigenvalue weighted by atomic mass is 9.80. The number of hydrogen-bond donors (Lipinski definition) is 3. The van der Waals surface area contributed by atoms with Crippen molar-refractivity contribution in [3.05, 3.63) is 0 Å². The molecule has 0 spiro atoms. The number of aliphatic imine (C=N–C) groups is 1. The molecule has 1 unspecified atom stereocenters. The van der Waals surface area contributed by atoms with Gasteiger partial charge in [-0.15, -0.1) is 0 Å². The van der Waals surface area contributed by atoms with Crippen LogP contribution in [0.5, 0.6) is 0 Å². The Labute approximate surface area is 175 Å². The van der Waals surface area contributed by atoms with E-state index in [1.165, 1.54) is 56.7 Å². The van der Waals surface area contributed by atoms with Gasteiger partial charge in [-0.2, -0.15) is 11.8 Å². The molecule has 0 bridgehead atoms. The Balaban J connectivity index is 1.64. The third kappa shape index (κ3) is 5.77. The minimum Gasteiger partial charge on any atom is -0.396 e. The lowest BCUT2D eigenvalue weighted by Gasteiger charge is -2.48. The molecule has 3 rings (SSSR count). The van der Waals surface area contributed by atoms with Gasteiger partial charge in [-0.25, -0.2) is 0 Å². The van der Waals surface area contributed by atoms with Crippen LogP contribution in [0.3, 0.4) is 0 Å². The molecule has 7 heteroatoms. The van der Waals surface area contributed by atoms with Gasteiger partial charge in [0.05, 0.1) is 13.2 Å². The van der Waals surface area contributed by atoms with Gasteiger partial charge in [0.1, 0.15) is 0 Å². The van der Waals surface area contributed by atoms with E-state index in [1.807, 2.05) is 0 Å². The second-order valence-corrected chi connectivity index (χ2v) is 9.93. The number of aliphatic hydroxyl groups excluding tert-OH is 1. The topological polar surface area (TPSA) is 69.1 Å². The standard InChI is InChI=1S/C21H40N4O2S/c1-2-22-19(23-16-20(8-12-26)9-13-27-18-20)24-17-21(6-4-3-5-7-21)25-10-14-28-15-11-25/h26H,2-18H2,1H3,(H2,22,23,24). The summed E-state index contributed by atoms with van der Waals surface area (Å²) in [6.07, 6.45) is 8.42. The Bertz CT molecular complexity index is 485. The van der Waals surface area contributed by atoms with Crippen LogP contribution in [0, 0.1) is 5.41 Å². The van der Waals surface area contributed by atoms with Crippen molar-refractivity contribution in [2.24, 2.45) is 10.4 Å². The number of rotatable bonds is 8. The maximum atomic E-state index is 9.47. The van der Waals surface area contributed by atoms with Crippen LogP contribution in [0.2, 0.25) is 0 Å². The first kappa shape index (κ1) is 22.2. The smallest absolute Gasteiger partial charge is 0.191 e. The Morgan fingerprint density at radius 1 is 1.14 bits per heavy atom. The van der Waals surface area contributed by atoms with E-state index in [4.69, 9.17) is 9.73 Å². The lowest BCUT2D eigenvalue weighted by Crippen LogP contribution is -2.59. The highest BCUT2D eigenvalue weighted by molar-refractivity contribution is 7.99. The number of ether oxygens (including phenoxy) is 1. The molecule has 0 amide bonds. The molecule has 3 fully saturated rings. The molecule has 0 radical (unpaired) electrons. The number of nitrogens with one attached hydrogen (secondary N) is 2. The summed E-state index contributed by atoms with van der Waals surface area (Å²) >= 11 is 2.09. The fourth-order valence-corrected chi connectivity index (χ4v) is 5.88. The van der Waals surface area contributed by atoms with Crippen molar-refractivity contribution >= 4 is 17.7 Å². The van der Waals surface area contributed by atoms with Gasteiger partial charge in [-0.1, -0.05) is 19.3 Å². The zero-order valence-corrected chi connectivity index (χ0v) is 18.5. The van der Waals surface area contributed by atoms with Gasteiger partial charge in [0.15, 0.2) is 5.96 Å². The molecule has 0 aromatic heterocycles. The molecular weight excluding hydrogens is 372 g/mol. The van der Waals surface area contributed by atoms with Gasteiger partial charge < -0.3 is 20.5 Å². The molecule has 1 aliphatic carbocycles. The second-order valence-electron chi connectivity index (χ2n) is 8.71. The quantitative estimate of drug-likeness (QED) is 0.419. The van der Waals surface area contributed by atoms with E-state index in [2.05, 4.69) is 34.2 Å². The Kier molecular flexibility index (Phi) is 8.75. The number of hydrogen-bond acceptors (Lipinski definition) is 5. The van der Waals surface area contributed by atoms with E-state index in [0.29, 0.717) is 6.61 Å². The van der Waals surface area contributed by atoms with E-state index < -0.39 is 0 Å². The summed E-state index contributed by atoms with van der Waals surface area (Å²) in [6.45, 7) is 8.83. The predicted octanol–water partition coefficient (Wildman–Crippen LogP) is 2.08. The predicted molar refractivity (Wildman–Crippen MR) is 118 cm³/mol. The van der Waals surface area contributed by atoms with Crippen molar-refractivity contribution < 1.29 is 9.84 Å². The molecule has 6 nitrogen and oxygen atoms in total. The van der Waals surface area contributed by atoms with Gasteiger partial charge in [-0.3, -0.25) is 9.89 Å². The van der Waals surface area contributed by atoms with Crippen LogP contribution < -0.4 is 10.6 Å². The van der Waals surface area contributed by atoms with Crippen LogP contribution in [-0.4, -0.2) is 85.6 Å². The van der Waals surface area contributed by atoms with E-state index in [9.17, 15) is 5.11 Å². The van der Waals surface area contributed by atoms with Crippen LogP contribution in [0.15, 0.2) is 4.99 Å². The first-order valence-electron chi connectivity index (χ1n) is 11.3. The van der Waals surface area contributed by atoms with Crippen molar-refractivity contribution in [2.75, 3.05) is 64.1 Å². The van der Waals surface area contributed by atoms with E-state index in [-0.39, 0.29) is 17.6 Å². The lowest BCUT2D eigenvalue weighted by molar-refractivity contribution is 0.0625. The molecule has 1 atom stereocenters. The first-order chi connectivity index (χ1) is 13.7. The molecule has 0 aromatic rings. The SMILES string of the molecule is CCNC(=NCC1(CCO)CCOC1)NCC1(N2CCSCC2)CCCCC1. The van der Waals surface area contributed by atoms with Gasteiger partial charge in [0.25, 0.3) is 0 Å². The summed E-state index contributed by atoms with van der Waals surface area (Å²) in [5, 5.41) is 16.6. The van der Waals surface area contributed by atoms with Crippen LogP contribution >= 0.6 is 11.8 Å². The van der Waals surface area contributed by atoms with Crippen LogP contribution in [-0.2, 0) is 4.74 Å². The number of guanidine groups is 1. The highest BCUT2D eigenvalue weighted by atomic mass is 32.2. The summed E-state index contributed by atoms with van der Waals surface area (Å²) in [7, 11) is 0. The summed E-state index contributed by atoms with van der Waals surface area (Å²) in [5.74, 6) is 3.45. The molecule has 2 heterocycles. The summed E-state index contributed by atoms with van der Waals surface area (Å²) in [6, 6.07) is 0. The van der Waals surface area contributed by atoms with Crippen molar-refractivity contribution in [3.63, 3.8) is 0 Å². The molecule has 3 N–H and O–H groups in total. The molecule has 1 saturated carbocycles. The Morgan fingerprint density at radius 3 is 2.57 bits per heavy atom. The molecule has 28 heavy (non-hydrogen) atoms. The van der Waals surface area contributed by atoms with Crippen LogP contribution in [0.1, 0.15) is 51.9 Å². The van der Waals surface area contributed by atoms with Gasteiger partial charge in [-0.05, 0) is 32.6 Å². The molecule has 162 valence electrons. The zero-order chi connectivity index (χ0) is 19.7. The average Bonchev–Trinajstić information content (AvgIpc) is 3.20. The van der Waals surface area contributed by atoms with Crippen LogP contribution in [0.4, 0.5) is 0 Å². The fraction of sp³-hybridized carbons (Fsp3) is 0.952. The molecule has 3 aliphatic rings. The molecule has 0 aromatic carbocycles. The summed E-state index contributed by atoms with van der Waals surface area (Å²) in [5.41, 5.74) is 0.290. The fourth-order valence-electron chi connectivity index (χ4n) is 4.98. The number of thioether (sulfide) groups is 1. The minimum absolute atomic E-state index is 0.00369. The maximum Gasteiger partial charge on any atom is 0.191 e. The van der Waals surface area contributed by atoms with Crippen molar-refractivity contribution in [1.82, 2.24) is 15.5 Å². The number of aliphatic hydroxyl groups is 1.